The van der Waals surface area contributed by atoms with E-state index >= 15 is 0 Å². The summed E-state index contributed by atoms with van der Waals surface area (Å²) in [5.74, 6) is 1.41. The van der Waals surface area contributed by atoms with Gasteiger partial charge in [0.25, 0.3) is 0 Å². The van der Waals surface area contributed by atoms with Gasteiger partial charge in [-0.2, -0.15) is 0 Å². The molecule has 3 rings (SSSR count). The second kappa shape index (κ2) is 3.81. The molecule has 0 spiro atoms. The Kier molecular flexibility index (Phi) is 2.27. The van der Waals surface area contributed by atoms with Crippen molar-refractivity contribution in [2.45, 2.75) is 6.92 Å². The minimum Gasteiger partial charge on any atom is -0.508 e. The van der Waals surface area contributed by atoms with Crippen molar-refractivity contribution in [1.29, 1.82) is 0 Å². The molecule has 1 aliphatic heterocycles. The summed E-state index contributed by atoms with van der Waals surface area (Å²) < 4.78 is 5.75. The smallest absolute Gasteiger partial charge is 0.138 e. The summed E-state index contributed by atoms with van der Waals surface area (Å²) in [5.41, 5.74) is 2.14. The van der Waals surface area contributed by atoms with Crippen molar-refractivity contribution in [3.8, 4) is 11.5 Å². The molecule has 2 aliphatic rings. The number of hydrogen-bond donors (Lipinski definition) is 2. The zero-order valence-corrected chi connectivity index (χ0v) is 9.84. The number of aliphatic hydroxyl groups is 1. The van der Waals surface area contributed by atoms with Crippen LogP contribution in [0.25, 0.3) is 5.76 Å². The lowest BCUT2D eigenvalue weighted by molar-refractivity contribution is 0.411. The van der Waals surface area contributed by atoms with Crippen LogP contribution >= 0.6 is 0 Å². The van der Waals surface area contributed by atoms with Gasteiger partial charge < -0.3 is 14.9 Å². The van der Waals surface area contributed by atoms with Crippen molar-refractivity contribution in [2.75, 3.05) is 0 Å². The summed E-state index contributed by atoms with van der Waals surface area (Å²) in [6.07, 6.45) is 9.21. The van der Waals surface area contributed by atoms with Crippen LogP contribution in [0.1, 0.15) is 11.1 Å². The van der Waals surface area contributed by atoms with Gasteiger partial charge in [0.1, 0.15) is 23.0 Å². The summed E-state index contributed by atoms with van der Waals surface area (Å²) in [6.45, 7) is 1.79. The molecule has 0 saturated heterocycles. The largest absolute Gasteiger partial charge is 0.508 e. The monoisotopic (exact) mass is 240 g/mol. The van der Waals surface area contributed by atoms with Crippen LogP contribution in [-0.2, 0) is 0 Å². The quantitative estimate of drug-likeness (QED) is 0.731. The first-order valence-electron chi connectivity index (χ1n) is 5.66. The first kappa shape index (κ1) is 10.7. The van der Waals surface area contributed by atoms with E-state index in [1.165, 1.54) is 6.07 Å². The summed E-state index contributed by atoms with van der Waals surface area (Å²) >= 11 is 0. The minimum absolute atomic E-state index is 0.0998. The Morgan fingerprint density at radius 2 is 1.78 bits per heavy atom. The van der Waals surface area contributed by atoms with Gasteiger partial charge in [0.15, 0.2) is 0 Å². The first-order valence-corrected chi connectivity index (χ1v) is 5.66. The number of phenolic OH excluding ortho intramolecular Hbond substituents is 1. The van der Waals surface area contributed by atoms with Gasteiger partial charge in [0.2, 0.25) is 0 Å². The van der Waals surface area contributed by atoms with Crippen molar-refractivity contribution in [1.82, 2.24) is 0 Å². The van der Waals surface area contributed by atoms with Crippen LogP contribution in [0.5, 0.6) is 11.5 Å². The maximum atomic E-state index is 10.00. The van der Waals surface area contributed by atoms with Crippen molar-refractivity contribution < 1.29 is 14.9 Å². The fourth-order valence-corrected chi connectivity index (χ4v) is 1.99. The highest BCUT2D eigenvalue weighted by molar-refractivity contribution is 5.72. The Morgan fingerprint density at radius 3 is 2.50 bits per heavy atom. The zero-order chi connectivity index (χ0) is 12.7. The lowest BCUT2D eigenvalue weighted by atomic mass is 10.0. The fourth-order valence-electron chi connectivity index (χ4n) is 1.99. The molecule has 0 bridgehead atoms. The van der Waals surface area contributed by atoms with Crippen LogP contribution in [0.3, 0.4) is 0 Å². The highest BCUT2D eigenvalue weighted by Crippen LogP contribution is 2.37. The number of aromatic hydroxyl groups is 1. The predicted octanol–water partition coefficient (Wildman–Crippen LogP) is 3.37. The number of aryl methyl sites for hydroxylation is 1. The SMILES string of the molecule is Cc1cc2c(cc1O)C(O)=CC(=C1C=CC=C1)O2. The molecule has 1 aliphatic carbocycles. The average Bonchev–Trinajstić information content (AvgIpc) is 2.85. The van der Waals surface area contributed by atoms with Gasteiger partial charge >= 0.3 is 0 Å². The van der Waals surface area contributed by atoms with Crippen molar-refractivity contribution in [3.63, 3.8) is 0 Å². The Bertz CT molecular complexity index is 632. The number of aliphatic hydroxyl groups excluding tert-OH is 1. The third-order valence-corrected chi connectivity index (χ3v) is 3.01. The lowest BCUT2D eigenvalue weighted by Crippen LogP contribution is -2.05. The van der Waals surface area contributed by atoms with E-state index < -0.39 is 0 Å². The molecule has 0 aromatic heterocycles. The highest BCUT2D eigenvalue weighted by atomic mass is 16.5. The molecule has 0 amide bonds. The summed E-state index contributed by atoms with van der Waals surface area (Å²) in [5, 5.41) is 19.6. The maximum absolute atomic E-state index is 10.00. The molecular weight excluding hydrogens is 228 g/mol. The third kappa shape index (κ3) is 1.61. The van der Waals surface area contributed by atoms with E-state index in [1.807, 2.05) is 24.3 Å². The Labute approximate surface area is 105 Å². The van der Waals surface area contributed by atoms with Crippen LogP contribution in [0, 0.1) is 6.92 Å². The molecule has 0 fully saturated rings. The van der Waals surface area contributed by atoms with E-state index in [-0.39, 0.29) is 11.5 Å². The second-order valence-electron chi connectivity index (χ2n) is 4.30. The van der Waals surface area contributed by atoms with E-state index in [0.717, 1.165) is 5.57 Å². The number of phenols is 1. The van der Waals surface area contributed by atoms with Gasteiger partial charge in [-0.3, -0.25) is 0 Å². The van der Waals surface area contributed by atoms with Crippen molar-refractivity contribution in [2.24, 2.45) is 0 Å². The van der Waals surface area contributed by atoms with Crippen LogP contribution in [0.4, 0.5) is 0 Å². The fraction of sp³-hybridized carbons (Fsp3) is 0.0667. The number of ether oxygens (including phenoxy) is 1. The number of benzene rings is 1. The first-order chi connectivity index (χ1) is 8.65. The van der Waals surface area contributed by atoms with E-state index in [0.29, 0.717) is 22.6 Å². The van der Waals surface area contributed by atoms with E-state index in [1.54, 1.807) is 19.1 Å². The lowest BCUT2D eigenvalue weighted by Gasteiger charge is -2.19. The summed E-state index contributed by atoms with van der Waals surface area (Å²) in [6, 6.07) is 3.23. The Balaban J connectivity index is 2.15. The van der Waals surface area contributed by atoms with Gasteiger partial charge in [-0.05, 0) is 24.6 Å². The van der Waals surface area contributed by atoms with Gasteiger partial charge in [0, 0.05) is 11.6 Å². The zero-order valence-electron chi connectivity index (χ0n) is 9.84. The minimum atomic E-state index is 0.0998. The van der Waals surface area contributed by atoms with E-state index in [9.17, 15) is 10.2 Å². The molecule has 18 heavy (non-hydrogen) atoms. The number of hydrogen-bond acceptors (Lipinski definition) is 3. The summed E-state index contributed by atoms with van der Waals surface area (Å²) in [4.78, 5) is 0. The summed E-state index contributed by atoms with van der Waals surface area (Å²) in [7, 11) is 0. The highest BCUT2D eigenvalue weighted by Gasteiger charge is 2.20. The van der Waals surface area contributed by atoms with Crippen LogP contribution < -0.4 is 4.74 Å². The van der Waals surface area contributed by atoms with Gasteiger partial charge in [-0.1, -0.05) is 24.3 Å². The number of allylic oxidation sites excluding steroid dienone is 6. The molecule has 0 unspecified atom stereocenters. The molecule has 0 radical (unpaired) electrons. The van der Waals surface area contributed by atoms with Gasteiger partial charge in [-0.15, -0.1) is 0 Å². The van der Waals surface area contributed by atoms with Crippen molar-refractivity contribution >= 4 is 5.76 Å². The third-order valence-electron chi connectivity index (χ3n) is 3.01. The van der Waals surface area contributed by atoms with Crippen LogP contribution in [-0.4, -0.2) is 10.2 Å². The average molecular weight is 240 g/mol. The molecule has 1 aromatic carbocycles. The van der Waals surface area contributed by atoms with E-state index in [2.05, 4.69) is 0 Å². The second-order valence-corrected chi connectivity index (χ2v) is 4.30. The standard InChI is InChI=1S/C15H12O3/c1-9-6-15-11(7-12(9)16)13(17)8-14(18-15)10-4-2-3-5-10/h2-8,16-17H,1H3. The molecule has 3 nitrogen and oxygen atoms in total. The Morgan fingerprint density at radius 1 is 1.06 bits per heavy atom. The molecule has 1 heterocycles. The molecule has 0 atom stereocenters. The molecule has 2 N–H and O–H groups in total. The molecule has 3 heteroatoms. The normalized spacial score (nSPS) is 16.6. The molecule has 90 valence electrons. The predicted molar refractivity (Wildman–Crippen MR) is 69.4 cm³/mol. The van der Waals surface area contributed by atoms with Crippen LogP contribution in [0.2, 0.25) is 0 Å². The maximum Gasteiger partial charge on any atom is 0.138 e. The molecule has 0 saturated carbocycles. The van der Waals surface area contributed by atoms with Gasteiger partial charge in [0.05, 0.1) is 5.56 Å². The van der Waals surface area contributed by atoms with Crippen molar-refractivity contribution in [3.05, 3.63) is 65.0 Å². The van der Waals surface area contributed by atoms with E-state index in [4.69, 9.17) is 4.74 Å². The number of rotatable bonds is 0. The van der Waals surface area contributed by atoms with Gasteiger partial charge in [-0.25, -0.2) is 0 Å². The molecular formula is C15H12O3. The number of fused-ring (bicyclic) bond motifs is 1. The molecule has 1 aromatic rings. The van der Waals surface area contributed by atoms with Crippen LogP contribution in [0.15, 0.2) is 53.8 Å². The topological polar surface area (TPSA) is 49.7 Å². The Hall–Kier alpha value is -2.42.